The van der Waals surface area contributed by atoms with Gasteiger partial charge >= 0.3 is 5.97 Å². The summed E-state index contributed by atoms with van der Waals surface area (Å²) in [5.41, 5.74) is 1.21. The Morgan fingerprint density at radius 3 is 2.49 bits per heavy atom. The third-order valence-corrected chi connectivity index (χ3v) is 7.52. The second-order valence-corrected chi connectivity index (χ2v) is 9.43. The van der Waals surface area contributed by atoms with Crippen LogP contribution in [0.25, 0.3) is 0 Å². The normalized spacial score (nSPS) is 25.9. The van der Waals surface area contributed by atoms with Crippen molar-refractivity contribution in [3.63, 3.8) is 0 Å². The van der Waals surface area contributed by atoms with Crippen molar-refractivity contribution in [3.05, 3.63) is 89.5 Å². The Balaban J connectivity index is 1.55. The number of anilines is 1. The van der Waals surface area contributed by atoms with E-state index in [-0.39, 0.29) is 19.3 Å². The maximum Gasteiger partial charge on any atom is 0.331 e. The van der Waals surface area contributed by atoms with Gasteiger partial charge in [-0.25, -0.2) is 9.69 Å². The van der Waals surface area contributed by atoms with Crippen LogP contribution in [0.5, 0.6) is 11.5 Å². The van der Waals surface area contributed by atoms with Crippen LogP contribution in [-0.4, -0.2) is 31.2 Å². The molecule has 0 aromatic heterocycles. The zero-order chi connectivity index (χ0) is 25.7. The van der Waals surface area contributed by atoms with Crippen molar-refractivity contribution in [2.45, 2.75) is 25.4 Å². The smallest absolute Gasteiger partial charge is 0.331 e. The summed E-state index contributed by atoms with van der Waals surface area (Å²) >= 11 is 0. The maximum atomic E-state index is 14.2. The van der Waals surface area contributed by atoms with Gasteiger partial charge in [0.25, 0.3) is 0 Å². The van der Waals surface area contributed by atoms with E-state index in [4.69, 9.17) is 14.2 Å². The van der Waals surface area contributed by atoms with Gasteiger partial charge in [-0.1, -0.05) is 54.6 Å². The number of imide groups is 1. The highest BCUT2D eigenvalue weighted by molar-refractivity contribution is 6.24. The Labute approximate surface area is 214 Å². The van der Waals surface area contributed by atoms with Crippen LogP contribution >= 0.6 is 0 Å². The van der Waals surface area contributed by atoms with Gasteiger partial charge in [0.15, 0.2) is 17.0 Å². The van der Waals surface area contributed by atoms with E-state index < -0.39 is 35.3 Å². The van der Waals surface area contributed by atoms with Crippen molar-refractivity contribution in [1.82, 2.24) is 5.32 Å². The highest BCUT2D eigenvalue weighted by atomic mass is 16.7. The molecule has 3 aliphatic heterocycles. The summed E-state index contributed by atoms with van der Waals surface area (Å²) < 4.78 is 16.5. The van der Waals surface area contributed by atoms with Crippen molar-refractivity contribution < 1.29 is 28.6 Å². The Morgan fingerprint density at radius 1 is 1.00 bits per heavy atom. The molecular weight excluding hydrogens is 472 g/mol. The fourth-order valence-corrected chi connectivity index (χ4v) is 5.91. The van der Waals surface area contributed by atoms with Crippen molar-refractivity contribution in [2.24, 2.45) is 11.8 Å². The molecule has 3 heterocycles. The lowest BCUT2D eigenvalue weighted by atomic mass is 9.75. The zero-order valence-corrected chi connectivity index (χ0v) is 20.5. The number of hydrogen-bond acceptors (Lipinski definition) is 7. The van der Waals surface area contributed by atoms with Crippen LogP contribution in [0.1, 0.15) is 29.7 Å². The lowest BCUT2D eigenvalue weighted by Gasteiger charge is -2.33. The van der Waals surface area contributed by atoms with Crippen molar-refractivity contribution in [3.8, 4) is 11.5 Å². The number of ether oxygens (including phenoxy) is 3. The second-order valence-electron chi connectivity index (χ2n) is 9.43. The van der Waals surface area contributed by atoms with E-state index in [0.717, 1.165) is 11.1 Å². The summed E-state index contributed by atoms with van der Waals surface area (Å²) in [5, 5.41) is 3.45. The molecule has 2 amide bonds. The van der Waals surface area contributed by atoms with Gasteiger partial charge in [-0.15, -0.1) is 0 Å². The van der Waals surface area contributed by atoms with Gasteiger partial charge < -0.3 is 14.2 Å². The van der Waals surface area contributed by atoms with Gasteiger partial charge in [-0.05, 0) is 42.7 Å². The first-order valence-electron chi connectivity index (χ1n) is 12.3. The predicted molar refractivity (Wildman–Crippen MR) is 134 cm³/mol. The molecule has 0 aliphatic carbocycles. The number of rotatable bonds is 5. The van der Waals surface area contributed by atoms with Gasteiger partial charge in [0.05, 0.1) is 24.1 Å². The molecule has 0 spiro atoms. The molecule has 6 rings (SSSR count). The van der Waals surface area contributed by atoms with E-state index in [1.165, 1.54) is 4.90 Å². The number of carbonyl (C=O) groups excluding carboxylic acids is 3. The van der Waals surface area contributed by atoms with Crippen LogP contribution in [0.3, 0.4) is 0 Å². The largest absolute Gasteiger partial charge is 0.464 e. The number of fused-ring (bicyclic) bond motifs is 2. The van der Waals surface area contributed by atoms with E-state index in [0.29, 0.717) is 22.7 Å². The summed E-state index contributed by atoms with van der Waals surface area (Å²) in [7, 11) is 0. The van der Waals surface area contributed by atoms with E-state index in [1.807, 2.05) is 49.4 Å². The molecule has 2 fully saturated rings. The molecule has 188 valence electrons. The third kappa shape index (κ3) is 3.36. The monoisotopic (exact) mass is 498 g/mol. The summed E-state index contributed by atoms with van der Waals surface area (Å²) in [4.78, 5) is 43.4. The Kier molecular flexibility index (Phi) is 5.49. The quantitative estimate of drug-likeness (QED) is 0.424. The standard InChI is InChI=1S/C29H26N2O6/c1-3-35-28(34)29(18-10-5-4-6-11-18)24-23(25(30-29)20-12-8-7-9-17(20)2)26(32)31(27(24)33)19-13-14-21-22(15-19)37-16-36-21/h4-15,23-25,30H,3,16H2,1-2H3/t23-,24+,25-,29-/m1/s1. The SMILES string of the molecule is CCOC(=O)[C@]1(c2ccccc2)N[C@H](c2ccccc2C)[C@@H]2C(=O)N(c3ccc4c(c3)OCO4)C(=O)[C@H]21. The molecule has 0 bridgehead atoms. The first kappa shape index (κ1) is 23.2. The summed E-state index contributed by atoms with van der Waals surface area (Å²) in [6.45, 7) is 3.89. The molecule has 8 nitrogen and oxygen atoms in total. The number of hydrogen-bond donors (Lipinski definition) is 1. The fraction of sp³-hybridized carbons (Fsp3) is 0.276. The summed E-state index contributed by atoms with van der Waals surface area (Å²) in [6.07, 6.45) is 0. The summed E-state index contributed by atoms with van der Waals surface area (Å²) in [6, 6.07) is 21.1. The van der Waals surface area contributed by atoms with Crippen LogP contribution < -0.4 is 19.7 Å². The molecular formula is C29H26N2O6. The van der Waals surface area contributed by atoms with Gasteiger partial charge in [-0.2, -0.15) is 0 Å². The highest BCUT2D eigenvalue weighted by Crippen LogP contribution is 2.54. The van der Waals surface area contributed by atoms with Crippen molar-refractivity contribution in [2.75, 3.05) is 18.3 Å². The molecule has 1 N–H and O–H groups in total. The van der Waals surface area contributed by atoms with E-state index >= 15 is 0 Å². The van der Waals surface area contributed by atoms with Crippen LogP contribution in [0.15, 0.2) is 72.8 Å². The number of aryl methyl sites for hydroxylation is 1. The lowest BCUT2D eigenvalue weighted by Crippen LogP contribution is -2.54. The first-order chi connectivity index (χ1) is 18.0. The average Bonchev–Trinajstić information content (AvgIpc) is 3.59. The Bertz CT molecular complexity index is 1410. The number of amides is 2. The highest BCUT2D eigenvalue weighted by Gasteiger charge is 2.70. The molecule has 8 heteroatoms. The summed E-state index contributed by atoms with van der Waals surface area (Å²) in [5.74, 6) is -2.26. The topological polar surface area (TPSA) is 94.2 Å². The average molecular weight is 499 g/mol. The minimum Gasteiger partial charge on any atom is -0.464 e. The van der Waals surface area contributed by atoms with Crippen LogP contribution in [0.4, 0.5) is 5.69 Å². The minimum atomic E-state index is -1.55. The predicted octanol–water partition coefficient (Wildman–Crippen LogP) is 3.63. The molecule has 3 aliphatic rings. The lowest BCUT2D eigenvalue weighted by molar-refractivity contribution is -0.155. The molecule has 37 heavy (non-hydrogen) atoms. The van der Waals surface area contributed by atoms with E-state index in [9.17, 15) is 14.4 Å². The fourth-order valence-electron chi connectivity index (χ4n) is 5.91. The van der Waals surface area contributed by atoms with Crippen molar-refractivity contribution >= 4 is 23.5 Å². The molecule has 4 atom stereocenters. The molecule has 2 saturated heterocycles. The van der Waals surface area contributed by atoms with Crippen LogP contribution in [-0.2, 0) is 24.7 Å². The second kappa shape index (κ2) is 8.74. The Morgan fingerprint density at radius 2 is 1.73 bits per heavy atom. The minimum absolute atomic E-state index is 0.0746. The molecule has 3 aromatic carbocycles. The molecule has 3 aromatic rings. The maximum absolute atomic E-state index is 14.2. The number of nitrogens with zero attached hydrogens (tertiary/aromatic N) is 1. The first-order valence-corrected chi connectivity index (χ1v) is 12.3. The number of esters is 1. The number of nitrogens with one attached hydrogen (secondary N) is 1. The van der Waals surface area contributed by atoms with Gasteiger partial charge in [0.1, 0.15) is 0 Å². The van der Waals surface area contributed by atoms with Gasteiger partial charge in [0, 0.05) is 12.1 Å². The third-order valence-electron chi connectivity index (χ3n) is 7.52. The van der Waals surface area contributed by atoms with Gasteiger partial charge in [0.2, 0.25) is 18.6 Å². The number of carbonyl (C=O) groups is 3. The van der Waals surface area contributed by atoms with Crippen LogP contribution in [0, 0.1) is 18.8 Å². The molecule has 0 radical (unpaired) electrons. The van der Waals surface area contributed by atoms with E-state index in [2.05, 4.69) is 5.32 Å². The Hall–Kier alpha value is -4.17. The molecule has 0 saturated carbocycles. The van der Waals surface area contributed by atoms with Crippen molar-refractivity contribution in [1.29, 1.82) is 0 Å². The molecule has 0 unspecified atom stereocenters. The van der Waals surface area contributed by atoms with Crippen LogP contribution in [0.2, 0.25) is 0 Å². The van der Waals surface area contributed by atoms with E-state index in [1.54, 1.807) is 37.3 Å². The zero-order valence-electron chi connectivity index (χ0n) is 20.5. The van der Waals surface area contributed by atoms with Gasteiger partial charge in [-0.3, -0.25) is 14.9 Å². The number of benzene rings is 3.